The minimum absolute atomic E-state index is 0.102. The van der Waals surface area contributed by atoms with Crippen molar-refractivity contribution < 1.29 is 18.7 Å². The lowest BCUT2D eigenvalue weighted by molar-refractivity contribution is -0.116. The number of carbonyl (C=O) groups excluding carboxylic acids is 1. The summed E-state index contributed by atoms with van der Waals surface area (Å²) in [5, 5.41) is 7.56. The summed E-state index contributed by atoms with van der Waals surface area (Å²) >= 11 is 0. The van der Waals surface area contributed by atoms with E-state index in [1.807, 2.05) is 38.1 Å². The lowest BCUT2D eigenvalue weighted by Gasteiger charge is -2.12. The number of nitrogens with zero attached hydrogens (tertiary/aromatic N) is 2. The molecule has 0 saturated carbocycles. The Hall–Kier alpha value is -4.13. The molecule has 1 aromatic heterocycles. The largest absolute Gasteiger partial charge is 0.497 e. The number of hydrogen-bond acceptors (Lipinski definition) is 4. The van der Waals surface area contributed by atoms with Gasteiger partial charge in [-0.05, 0) is 86.5 Å². The predicted molar refractivity (Wildman–Crippen MR) is 129 cm³/mol. The molecule has 0 spiro atoms. The smallest absolute Gasteiger partial charge is 0.226 e. The summed E-state index contributed by atoms with van der Waals surface area (Å²) in [5.74, 6) is 1.35. The van der Waals surface area contributed by atoms with Gasteiger partial charge in [-0.15, -0.1) is 0 Å². The van der Waals surface area contributed by atoms with Gasteiger partial charge >= 0.3 is 0 Å². The van der Waals surface area contributed by atoms with Crippen molar-refractivity contribution in [2.75, 3.05) is 12.4 Å². The van der Waals surface area contributed by atoms with E-state index in [0.29, 0.717) is 29.5 Å². The van der Waals surface area contributed by atoms with E-state index in [-0.39, 0.29) is 18.1 Å². The van der Waals surface area contributed by atoms with E-state index < -0.39 is 0 Å². The number of anilines is 1. The molecule has 6 nitrogen and oxygen atoms in total. The molecule has 4 rings (SSSR count). The summed E-state index contributed by atoms with van der Waals surface area (Å²) in [7, 11) is 1.60. The van der Waals surface area contributed by atoms with Gasteiger partial charge in [0.05, 0.1) is 18.5 Å². The van der Waals surface area contributed by atoms with Crippen LogP contribution in [0.1, 0.15) is 23.2 Å². The van der Waals surface area contributed by atoms with Crippen molar-refractivity contribution in [3.63, 3.8) is 0 Å². The summed E-state index contributed by atoms with van der Waals surface area (Å²) in [6, 6.07) is 20.9. The molecular formula is C27H26FN3O3. The van der Waals surface area contributed by atoms with Crippen LogP contribution in [-0.4, -0.2) is 22.8 Å². The van der Waals surface area contributed by atoms with E-state index in [1.165, 1.54) is 12.1 Å². The van der Waals surface area contributed by atoms with Gasteiger partial charge in [-0.2, -0.15) is 5.10 Å². The fourth-order valence-electron chi connectivity index (χ4n) is 3.63. The highest BCUT2D eigenvalue weighted by atomic mass is 19.1. The number of rotatable bonds is 8. The normalized spacial score (nSPS) is 10.7. The van der Waals surface area contributed by atoms with Crippen LogP contribution in [0.15, 0.2) is 72.8 Å². The molecule has 0 bridgehead atoms. The fourth-order valence-corrected chi connectivity index (χ4v) is 3.63. The summed E-state index contributed by atoms with van der Waals surface area (Å²) in [6.45, 7) is 3.85. The van der Waals surface area contributed by atoms with Gasteiger partial charge in [0, 0.05) is 17.7 Å². The second kappa shape index (κ2) is 10.2. The topological polar surface area (TPSA) is 65.4 Å². The zero-order valence-electron chi connectivity index (χ0n) is 19.3. The molecule has 4 aromatic rings. The second-order valence-corrected chi connectivity index (χ2v) is 7.95. The average molecular weight is 460 g/mol. The van der Waals surface area contributed by atoms with E-state index in [4.69, 9.17) is 9.47 Å². The predicted octanol–water partition coefficient (Wildman–Crippen LogP) is 6.00. The molecule has 1 heterocycles. The van der Waals surface area contributed by atoms with Crippen LogP contribution in [0.4, 0.5) is 10.1 Å². The van der Waals surface area contributed by atoms with E-state index in [9.17, 15) is 9.18 Å². The van der Waals surface area contributed by atoms with Crippen LogP contribution in [0, 0.1) is 19.7 Å². The maximum absolute atomic E-state index is 13.5. The highest BCUT2D eigenvalue weighted by Gasteiger charge is 2.20. The molecular weight excluding hydrogens is 433 g/mol. The molecule has 34 heavy (non-hydrogen) atoms. The lowest BCUT2D eigenvalue weighted by atomic mass is 10.1. The summed E-state index contributed by atoms with van der Waals surface area (Å²) in [4.78, 5) is 12.6. The minimum atomic E-state index is -0.335. The Kier molecular flexibility index (Phi) is 6.92. The Morgan fingerprint density at radius 1 is 1.00 bits per heavy atom. The van der Waals surface area contributed by atoms with Crippen molar-refractivity contribution in [1.82, 2.24) is 9.78 Å². The number of hydrogen-bond donors (Lipinski definition) is 1. The van der Waals surface area contributed by atoms with Crippen LogP contribution in [0.5, 0.6) is 17.4 Å². The number of nitrogens with one attached hydrogen (secondary N) is 1. The number of benzene rings is 3. The molecule has 0 fully saturated rings. The van der Waals surface area contributed by atoms with Crippen molar-refractivity contribution in [2.24, 2.45) is 0 Å². The third-order valence-electron chi connectivity index (χ3n) is 5.39. The van der Waals surface area contributed by atoms with E-state index in [2.05, 4.69) is 10.4 Å². The van der Waals surface area contributed by atoms with Gasteiger partial charge < -0.3 is 14.8 Å². The summed E-state index contributed by atoms with van der Waals surface area (Å²) in [6.07, 6.45) is 0.680. The summed E-state index contributed by atoms with van der Waals surface area (Å²) in [5.41, 5.74) is 4.03. The molecule has 3 aromatic carbocycles. The van der Waals surface area contributed by atoms with Gasteiger partial charge in [0.15, 0.2) is 0 Å². The summed E-state index contributed by atoms with van der Waals surface area (Å²) < 4.78 is 26.6. The third kappa shape index (κ3) is 5.43. The van der Waals surface area contributed by atoms with Gasteiger partial charge in [0.1, 0.15) is 17.3 Å². The monoisotopic (exact) mass is 459 g/mol. The maximum atomic E-state index is 13.5. The van der Waals surface area contributed by atoms with E-state index >= 15 is 0 Å². The Balaban J connectivity index is 1.61. The SMILES string of the molecule is COc1ccc(Oc2c(CCC(=O)Nc3cccc(C)c3)c(C)nn2-c2ccc(F)cc2)cc1. The Morgan fingerprint density at radius 2 is 1.71 bits per heavy atom. The Bertz CT molecular complexity index is 1280. The fraction of sp³-hybridized carbons (Fsp3) is 0.185. The highest BCUT2D eigenvalue weighted by molar-refractivity contribution is 5.90. The first kappa shape index (κ1) is 23.0. The van der Waals surface area contributed by atoms with Gasteiger partial charge in [-0.3, -0.25) is 4.79 Å². The Labute approximate surface area is 198 Å². The first-order valence-electron chi connectivity index (χ1n) is 11.0. The van der Waals surface area contributed by atoms with Gasteiger partial charge in [0.25, 0.3) is 0 Å². The standard InChI is InChI=1S/C27H26FN3O3/c1-18-5-4-6-21(17-18)29-26(32)16-15-25-19(2)30-31(22-9-7-20(28)8-10-22)27(25)34-24-13-11-23(33-3)12-14-24/h4-14,17H,15-16H2,1-3H3,(H,29,32). The first-order valence-corrected chi connectivity index (χ1v) is 11.0. The second-order valence-electron chi connectivity index (χ2n) is 7.95. The number of amides is 1. The quantitative estimate of drug-likeness (QED) is 0.351. The van der Waals surface area contributed by atoms with Crippen LogP contribution in [0.2, 0.25) is 0 Å². The molecule has 0 atom stereocenters. The van der Waals surface area contributed by atoms with Crippen LogP contribution in [-0.2, 0) is 11.2 Å². The van der Waals surface area contributed by atoms with Gasteiger partial charge in [-0.1, -0.05) is 12.1 Å². The van der Waals surface area contributed by atoms with Crippen LogP contribution < -0.4 is 14.8 Å². The molecule has 0 radical (unpaired) electrons. The lowest BCUT2D eigenvalue weighted by Crippen LogP contribution is -2.12. The van der Waals surface area contributed by atoms with Crippen molar-refractivity contribution >= 4 is 11.6 Å². The van der Waals surface area contributed by atoms with E-state index in [0.717, 1.165) is 22.5 Å². The van der Waals surface area contributed by atoms with Gasteiger partial charge in [0.2, 0.25) is 11.8 Å². The minimum Gasteiger partial charge on any atom is -0.497 e. The van der Waals surface area contributed by atoms with Crippen molar-refractivity contribution in [3.05, 3.63) is 95.4 Å². The van der Waals surface area contributed by atoms with Crippen molar-refractivity contribution in [1.29, 1.82) is 0 Å². The number of aromatic nitrogens is 2. The maximum Gasteiger partial charge on any atom is 0.226 e. The van der Waals surface area contributed by atoms with Crippen molar-refractivity contribution in [3.8, 4) is 23.1 Å². The molecule has 0 aliphatic carbocycles. The number of carbonyl (C=O) groups is 1. The highest BCUT2D eigenvalue weighted by Crippen LogP contribution is 2.32. The molecule has 0 aliphatic heterocycles. The Morgan fingerprint density at radius 3 is 2.38 bits per heavy atom. The zero-order chi connectivity index (χ0) is 24.1. The molecule has 0 unspecified atom stereocenters. The first-order chi connectivity index (χ1) is 16.4. The number of methoxy groups -OCH3 is 1. The molecule has 1 amide bonds. The molecule has 0 saturated heterocycles. The molecule has 0 aliphatic rings. The number of ether oxygens (including phenoxy) is 2. The third-order valence-corrected chi connectivity index (χ3v) is 5.39. The molecule has 174 valence electrons. The van der Waals surface area contributed by atoms with Gasteiger partial charge in [-0.25, -0.2) is 9.07 Å². The zero-order valence-corrected chi connectivity index (χ0v) is 19.3. The molecule has 7 heteroatoms. The van der Waals surface area contributed by atoms with E-state index in [1.54, 1.807) is 48.2 Å². The number of halogens is 1. The van der Waals surface area contributed by atoms with Crippen LogP contribution in [0.25, 0.3) is 5.69 Å². The molecule has 1 N–H and O–H groups in total. The van der Waals surface area contributed by atoms with Crippen molar-refractivity contribution in [2.45, 2.75) is 26.7 Å². The average Bonchev–Trinajstić information content (AvgIpc) is 3.13. The van der Waals surface area contributed by atoms with Crippen LogP contribution >= 0.6 is 0 Å². The number of aryl methyl sites for hydroxylation is 2. The van der Waals surface area contributed by atoms with Crippen LogP contribution in [0.3, 0.4) is 0 Å².